The largest absolute Gasteiger partial charge is 0.494 e. The van der Waals surface area contributed by atoms with Crippen molar-refractivity contribution in [1.82, 2.24) is 25.8 Å². The van der Waals surface area contributed by atoms with Crippen LogP contribution in [0.2, 0.25) is 5.02 Å². The Morgan fingerprint density at radius 2 is 1.64 bits per heavy atom. The molecule has 0 radical (unpaired) electrons. The van der Waals surface area contributed by atoms with Gasteiger partial charge in [0.1, 0.15) is 41.5 Å². The highest BCUT2D eigenvalue weighted by Crippen LogP contribution is 2.55. The number of amides is 4. The van der Waals surface area contributed by atoms with Crippen LogP contribution >= 0.6 is 22.9 Å². The van der Waals surface area contributed by atoms with Gasteiger partial charge in [0, 0.05) is 67.3 Å². The van der Waals surface area contributed by atoms with Gasteiger partial charge in [-0.1, -0.05) is 84.3 Å². The van der Waals surface area contributed by atoms with Crippen LogP contribution < -0.4 is 25.4 Å². The van der Waals surface area contributed by atoms with Crippen LogP contribution in [0.5, 0.6) is 11.5 Å². The average molecular weight is 954 g/mol. The van der Waals surface area contributed by atoms with E-state index in [1.165, 1.54) is 4.90 Å². The quantitative estimate of drug-likeness (QED) is 0.0722. The Bertz CT molecular complexity index is 2480. The standard InChI is InChI=1S/C51H61ClN6O8S/c1-30-42(67-29-55-30)32-13-11-31(12-14-32)27-54-45(63)40-24-36(60)28-58(40)46(64)43(49(2,3)4)56-41(61)22-18-35(59)10-9-23-65-37-19-15-33(16-20-37)44(62)57-47-50(5,6)48(51(47,7)8)66-38-21-17-34(26-53)39(52)25-38/h11-17,19-21,25,29,36,40,43,47-48,60H,9-10,18,22-24,27-28H2,1-8H3,(H,54,63)(H,56,61)(H,57,62)/t36-,40?,43-,47?,48?/m1/s1. The molecule has 2 aliphatic rings. The molecule has 0 spiro atoms. The number of rotatable bonds is 18. The van der Waals surface area contributed by atoms with Crippen LogP contribution in [-0.4, -0.2) is 87.9 Å². The molecule has 2 fully saturated rings. The van der Waals surface area contributed by atoms with Crippen molar-refractivity contribution in [2.24, 2.45) is 16.2 Å². The number of nitrogens with one attached hydrogen (secondary N) is 3. The minimum Gasteiger partial charge on any atom is -0.494 e. The number of Topliss-reactive ketones (excluding diaryl/α,β-unsaturated/α-hetero) is 1. The zero-order valence-corrected chi connectivity index (χ0v) is 41.0. The minimum absolute atomic E-state index is 0.0236. The summed E-state index contributed by atoms with van der Waals surface area (Å²) in [7, 11) is 0. The summed E-state index contributed by atoms with van der Waals surface area (Å²) in [6, 6.07) is 19.5. The lowest BCUT2D eigenvalue weighted by Gasteiger charge is -2.63. The Balaban J connectivity index is 0.914. The first-order valence-corrected chi connectivity index (χ1v) is 23.8. The summed E-state index contributed by atoms with van der Waals surface area (Å²) < 4.78 is 12.2. The second kappa shape index (κ2) is 21.0. The predicted molar refractivity (Wildman–Crippen MR) is 256 cm³/mol. The molecule has 2 heterocycles. The zero-order chi connectivity index (χ0) is 48.8. The number of aromatic nitrogens is 1. The topological polar surface area (TPSA) is 200 Å². The molecule has 3 atom stereocenters. The lowest BCUT2D eigenvalue weighted by molar-refractivity contribution is -0.164. The monoisotopic (exact) mass is 952 g/mol. The Kier molecular flexibility index (Phi) is 15.9. The molecule has 6 rings (SSSR count). The number of carbonyl (C=O) groups is 5. The van der Waals surface area contributed by atoms with E-state index < -0.39 is 52.2 Å². The number of hydrogen-bond donors (Lipinski definition) is 4. The van der Waals surface area contributed by atoms with Gasteiger partial charge in [-0.25, -0.2) is 4.98 Å². The molecule has 14 nitrogen and oxygen atoms in total. The van der Waals surface area contributed by atoms with Gasteiger partial charge < -0.3 is 35.4 Å². The number of nitrogens with zero attached hydrogens (tertiary/aromatic N) is 3. The van der Waals surface area contributed by atoms with Crippen molar-refractivity contribution in [3.05, 3.63) is 99.6 Å². The Morgan fingerprint density at radius 1 is 0.970 bits per heavy atom. The number of aryl methyl sites for hydroxylation is 1. The van der Waals surface area contributed by atoms with E-state index in [4.69, 9.17) is 21.1 Å². The van der Waals surface area contributed by atoms with E-state index in [1.807, 2.05) is 85.7 Å². The number of hydrogen-bond acceptors (Lipinski definition) is 11. The van der Waals surface area contributed by atoms with Crippen molar-refractivity contribution >= 4 is 52.3 Å². The van der Waals surface area contributed by atoms with Crippen molar-refractivity contribution < 1.29 is 38.6 Å². The van der Waals surface area contributed by atoms with Crippen molar-refractivity contribution in [3.8, 4) is 28.0 Å². The number of halogens is 1. The molecule has 3 aromatic carbocycles. The number of β-amino-alcohol motifs (C(OH)–C–C–N with tert-alkyl or cyclic N) is 1. The molecule has 67 heavy (non-hydrogen) atoms. The predicted octanol–water partition coefficient (Wildman–Crippen LogP) is 7.57. The van der Waals surface area contributed by atoms with E-state index in [0.29, 0.717) is 34.1 Å². The zero-order valence-electron chi connectivity index (χ0n) is 39.4. The highest BCUT2D eigenvalue weighted by Gasteiger charge is 2.64. The maximum Gasteiger partial charge on any atom is 0.251 e. The molecular formula is C51H61ClN6O8S. The minimum atomic E-state index is -1.00. The van der Waals surface area contributed by atoms with E-state index in [2.05, 4.69) is 20.9 Å². The fraction of sp³-hybridized carbons (Fsp3) is 0.471. The third-order valence-corrected chi connectivity index (χ3v) is 14.0. The normalized spacial score (nSPS) is 19.9. The maximum atomic E-state index is 14.0. The van der Waals surface area contributed by atoms with Crippen LogP contribution in [0.15, 0.2) is 72.2 Å². The molecule has 1 aliphatic heterocycles. The molecular weight excluding hydrogens is 892 g/mol. The molecule has 16 heteroatoms. The fourth-order valence-corrected chi connectivity index (χ4v) is 10.4. The first-order chi connectivity index (χ1) is 31.6. The van der Waals surface area contributed by atoms with E-state index >= 15 is 0 Å². The molecule has 1 saturated carbocycles. The van der Waals surface area contributed by atoms with Gasteiger partial charge in [0.15, 0.2) is 0 Å². The first-order valence-electron chi connectivity index (χ1n) is 22.6. The lowest BCUT2D eigenvalue weighted by Crippen LogP contribution is -2.74. The third kappa shape index (κ3) is 12.0. The van der Waals surface area contributed by atoms with E-state index in [0.717, 1.165) is 21.7 Å². The summed E-state index contributed by atoms with van der Waals surface area (Å²) in [6.07, 6.45) is -0.612. The number of ketones is 1. The highest BCUT2D eigenvalue weighted by atomic mass is 35.5. The van der Waals surface area contributed by atoms with Crippen LogP contribution in [0.25, 0.3) is 10.4 Å². The number of ether oxygens (including phenoxy) is 2. The SMILES string of the molecule is Cc1ncsc1-c1ccc(CNC(=O)C2C[C@@H](O)CN2C(=O)[C@@H](NC(=O)CCC(=O)CCCOc2ccc(C(=O)NC3C(C)(C)C(Oc4ccc(C#N)c(Cl)c4)C3(C)C)cc2)C(C)(C)C)cc1. The lowest BCUT2D eigenvalue weighted by atomic mass is 9.49. The Morgan fingerprint density at radius 3 is 2.25 bits per heavy atom. The fourth-order valence-electron chi connectivity index (χ4n) is 9.36. The summed E-state index contributed by atoms with van der Waals surface area (Å²) in [5.41, 5.74) is 3.93. The molecule has 4 aromatic rings. The van der Waals surface area contributed by atoms with E-state index in [9.17, 15) is 34.3 Å². The number of carbonyl (C=O) groups excluding carboxylic acids is 5. The molecule has 0 bridgehead atoms. The number of aliphatic hydroxyl groups is 1. The van der Waals surface area contributed by atoms with Gasteiger partial charge in [-0.05, 0) is 66.3 Å². The van der Waals surface area contributed by atoms with Gasteiger partial charge >= 0.3 is 0 Å². The second-order valence-corrected chi connectivity index (χ2v) is 21.0. The maximum absolute atomic E-state index is 14.0. The number of nitriles is 1. The molecule has 1 aromatic heterocycles. The molecule has 1 saturated heterocycles. The van der Waals surface area contributed by atoms with E-state index in [1.54, 1.807) is 59.3 Å². The third-order valence-electron chi connectivity index (χ3n) is 12.8. The highest BCUT2D eigenvalue weighted by molar-refractivity contribution is 7.13. The van der Waals surface area contributed by atoms with Crippen LogP contribution in [-0.2, 0) is 25.7 Å². The van der Waals surface area contributed by atoms with Gasteiger partial charge in [0.25, 0.3) is 5.91 Å². The van der Waals surface area contributed by atoms with Gasteiger partial charge in [0.2, 0.25) is 17.7 Å². The summed E-state index contributed by atoms with van der Waals surface area (Å²) in [4.78, 5) is 73.5. The van der Waals surface area contributed by atoms with Crippen LogP contribution in [0, 0.1) is 34.5 Å². The molecule has 356 valence electrons. The Labute approximate surface area is 401 Å². The molecule has 4 N–H and O–H groups in total. The molecule has 1 unspecified atom stereocenters. The average Bonchev–Trinajstić information content (AvgIpc) is 3.91. The van der Waals surface area contributed by atoms with Gasteiger partial charge in [-0.3, -0.25) is 24.0 Å². The van der Waals surface area contributed by atoms with E-state index in [-0.39, 0.29) is 69.2 Å². The van der Waals surface area contributed by atoms with Crippen LogP contribution in [0.3, 0.4) is 0 Å². The van der Waals surface area contributed by atoms with Crippen LogP contribution in [0.4, 0.5) is 0 Å². The van der Waals surface area contributed by atoms with Crippen molar-refractivity contribution in [3.63, 3.8) is 0 Å². The van der Waals surface area contributed by atoms with Gasteiger partial charge in [-0.15, -0.1) is 11.3 Å². The number of thiazole rings is 1. The number of aliphatic hydroxyl groups excluding tert-OH is 1. The summed E-state index contributed by atoms with van der Waals surface area (Å²) in [6.45, 7) is 16.0. The molecule has 1 aliphatic carbocycles. The van der Waals surface area contributed by atoms with Crippen molar-refractivity contribution in [2.45, 2.75) is 124 Å². The summed E-state index contributed by atoms with van der Waals surface area (Å²) in [5.74, 6) is -0.606. The van der Waals surface area contributed by atoms with Crippen molar-refractivity contribution in [2.75, 3.05) is 13.2 Å². The van der Waals surface area contributed by atoms with Gasteiger partial charge in [-0.2, -0.15) is 5.26 Å². The van der Waals surface area contributed by atoms with Gasteiger partial charge in [0.05, 0.1) is 39.4 Å². The van der Waals surface area contributed by atoms with Crippen molar-refractivity contribution in [1.29, 1.82) is 5.26 Å². The summed E-state index contributed by atoms with van der Waals surface area (Å²) in [5, 5.41) is 29.0. The second-order valence-electron chi connectivity index (χ2n) is 19.8. The molecule has 4 amide bonds. The first kappa shape index (κ1) is 50.6. The number of likely N-dealkylation sites (tertiary alicyclic amines) is 1. The number of benzene rings is 3. The summed E-state index contributed by atoms with van der Waals surface area (Å²) >= 11 is 7.79. The smallest absolute Gasteiger partial charge is 0.251 e. The Hall–Kier alpha value is -5.82. The van der Waals surface area contributed by atoms with Crippen LogP contribution in [0.1, 0.15) is 108 Å².